The lowest BCUT2D eigenvalue weighted by atomic mass is 10.0. The monoisotopic (exact) mass is 355 g/mol. The second-order valence-electron chi connectivity index (χ2n) is 6.28. The molecular weight excluding hydrogens is 326 g/mol. The first-order chi connectivity index (χ1) is 11.2. The number of ether oxygens (including phenoxy) is 1. The van der Waals surface area contributed by atoms with Crippen LogP contribution in [-0.2, 0) is 22.4 Å². The summed E-state index contributed by atoms with van der Waals surface area (Å²) in [6.45, 7) is 1.04. The van der Waals surface area contributed by atoms with Crippen LogP contribution >= 0.6 is 12.4 Å². The van der Waals surface area contributed by atoms with Crippen molar-refractivity contribution in [2.75, 3.05) is 19.0 Å². The molecule has 6 heteroatoms. The van der Waals surface area contributed by atoms with E-state index in [1.165, 1.54) is 37.6 Å². The van der Waals surface area contributed by atoms with Crippen molar-refractivity contribution in [1.82, 2.24) is 4.98 Å². The maximum absolute atomic E-state index is 11.2. The molecule has 0 aromatic carbocycles. The normalized spacial score (nSPS) is 14.1. The van der Waals surface area contributed by atoms with E-state index in [-0.39, 0.29) is 18.4 Å². The fourth-order valence-electron chi connectivity index (χ4n) is 2.98. The Hall–Kier alpha value is -1.33. The third-order valence-electron chi connectivity index (χ3n) is 4.40. The molecule has 3 N–H and O–H groups in total. The highest BCUT2D eigenvalue weighted by Gasteiger charge is 2.12. The summed E-state index contributed by atoms with van der Waals surface area (Å²) in [6.07, 6.45) is 9.73. The SMILES string of the molecule is COC(=O)[C@@H](N)CCCCCCCc1ccc2c(n1)NCCC2.Cl. The summed E-state index contributed by atoms with van der Waals surface area (Å²) in [4.78, 5) is 15.9. The lowest BCUT2D eigenvalue weighted by molar-refractivity contribution is -0.142. The summed E-state index contributed by atoms with van der Waals surface area (Å²) < 4.78 is 4.62. The van der Waals surface area contributed by atoms with Crippen LogP contribution in [0, 0.1) is 0 Å². The number of hydrogen-bond donors (Lipinski definition) is 2. The molecule has 0 radical (unpaired) electrons. The smallest absolute Gasteiger partial charge is 0.322 e. The first kappa shape index (κ1) is 20.7. The minimum Gasteiger partial charge on any atom is -0.468 e. The number of nitrogens with two attached hydrogens (primary N) is 1. The maximum Gasteiger partial charge on any atom is 0.322 e. The van der Waals surface area contributed by atoms with E-state index in [9.17, 15) is 4.79 Å². The van der Waals surface area contributed by atoms with Crippen molar-refractivity contribution >= 4 is 24.2 Å². The zero-order valence-corrected chi connectivity index (χ0v) is 15.4. The summed E-state index contributed by atoms with van der Waals surface area (Å²) in [5, 5.41) is 3.39. The predicted molar refractivity (Wildman–Crippen MR) is 99.7 cm³/mol. The summed E-state index contributed by atoms with van der Waals surface area (Å²) in [6, 6.07) is 3.92. The number of pyridine rings is 1. The molecule has 0 saturated carbocycles. The van der Waals surface area contributed by atoms with Gasteiger partial charge in [-0.25, -0.2) is 4.98 Å². The van der Waals surface area contributed by atoms with Crippen LogP contribution < -0.4 is 11.1 Å². The van der Waals surface area contributed by atoms with Gasteiger partial charge in [-0.05, 0) is 43.7 Å². The molecule has 0 bridgehead atoms. The lowest BCUT2D eigenvalue weighted by Gasteiger charge is -2.17. The quantitative estimate of drug-likeness (QED) is 0.525. The van der Waals surface area contributed by atoms with Crippen molar-refractivity contribution in [2.24, 2.45) is 5.73 Å². The van der Waals surface area contributed by atoms with Crippen LogP contribution in [0.15, 0.2) is 12.1 Å². The number of nitrogens with one attached hydrogen (secondary N) is 1. The summed E-state index contributed by atoms with van der Waals surface area (Å²) >= 11 is 0. The van der Waals surface area contributed by atoms with Gasteiger partial charge in [-0.15, -0.1) is 12.4 Å². The van der Waals surface area contributed by atoms with Crippen LogP contribution in [0.25, 0.3) is 0 Å². The van der Waals surface area contributed by atoms with Gasteiger partial charge in [0.1, 0.15) is 11.9 Å². The molecule has 0 saturated heterocycles. The number of methoxy groups -OCH3 is 1. The topological polar surface area (TPSA) is 77.2 Å². The van der Waals surface area contributed by atoms with Gasteiger partial charge >= 0.3 is 5.97 Å². The first-order valence-corrected chi connectivity index (χ1v) is 8.77. The fourth-order valence-corrected chi connectivity index (χ4v) is 2.98. The number of nitrogens with zero attached hydrogens (tertiary/aromatic N) is 1. The number of fused-ring (bicyclic) bond motifs is 1. The van der Waals surface area contributed by atoms with Gasteiger partial charge in [0.05, 0.1) is 7.11 Å². The zero-order valence-electron chi connectivity index (χ0n) is 14.6. The molecule has 1 aliphatic rings. The molecule has 0 unspecified atom stereocenters. The minimum absolute atomic E-state index is 0. The number of esters is 1. The number of anilines is 1. The Bertz CT molecular complexity index is 511. The summed E-state index contributed by atoms with van der Waals surface area (Å²) in [7, 11) is 1.38. The Kier molecular flexibility index (Phi) is 9.72. The van der Waals surface area contributed by atoms with Gasteiger partial charge in [-0.2, -0.15) is 0 Å². The largest absolute Gasteiger partial charge is 0.468 e. The number of aromatic nitrogens is 1. The molecule has 24 heavy (non-hydrogen) atoms. The second-order valence-corrected chi connectivity index (χ2v) is 6.28. The molecule has 5 nitrogen and oxygen atoms in total. The highest BCUT2D eigenvalue weighted by molar-refractivity contribution is 5.85. The number of unbranched alkanes of at least 4 members (excludes halogenated alkanes) is 4. The molecule has 1 atom stereocenters. The number of carbonyl (C=O) groups is 1. The van der Waals surface area contributed by atoms with Crippen LogP contribution in [0.4, 0.5) is 5.82 Å². The number of aryl methyl sites for hydroxylation is 2. The predicted octanol–water partition coefficient (Wildman–Crippen LogP) is 3.24. The van der Waals surface area contributed by atoms with Gasteiger partial charge in [-0.1, -0.05) is 31.7 Å². The number of rotatable bonds is 9. The molecule has 1 aromatic heterocycles. The van der Waals surface area contributed by atoms with Crippen molar-refractivity contribution in [3.63, 3.8) is 0 Å². The summed E-state index contributed by atoms with van der Waals surface area (Å²) in [5.41, 5.74) is 8.25. The van der Waals surface area contributed by atoms with Crippen molar-refractivity contribution in [3.8, 4) is 0 Å². The zero-order chi connectivity index (χ0) is 16.5. The summed E-state index contributed by atoms with van der Waals surface area (Å²) in [5.74, 6) is 0.780. The third kappa shape index (κ3) is 6.65. The van der Waals surface area contributed by atoms with E-state index in [2.05, 4.69) is 22.2 Å². The minimum atomic E-state index is -0.466. The van der Waals surface area contributed by atoms with E-state index in [0.29, 0.717) is 6.42 Å². The van der Waals surface area contributed by atoms with Crippen molar-refractivity contribution in [1.29, 1.82) is 0 Å². The Morgan fingerprint density at radius 1 is 1.29 bits per heavy atom. The molecule has 2 rings (SSSR count). The van der Waals surface area contributed by atoms with E-state index in [0.717, 1.165) is 44.5 Å². The van der Waals surface area contributed by atoms with Crippen LogP contribution in [0.2, 0.25) is 0 Å². The van der Waals surface area contributed by atoms with Gasteiger partial charge in [0.2, 0.25) is 0 Å². The molecule has 1 aromatic rings. The van der Waals surface area contributed by atoms with E-state index in [1.807, 2.05) is 0 Å². The Balaban J connectivity index is 0.00000288. The molecular formula is C18H30ClN3O2. The average Bonchev–Trinajstić information content (AvgIpc) is 2.59. The average molecular weight is 356 g/mol. The highest BCUT2D eigenvalue weighted by Crippen LogP contribution is 2.20. The van der Waals surface area contributed by atoms with E-state index in [1.54, 1.807) is 0 Å². The standard InChI is InChI=1S/C18H29N3O2.ClH/c1-23-18(22)16(19)10-6-4-2-3-5-9-15-12-11-14-8-7-13-20-17(14)21-15;/h11-12,16H,2-10,13,19H2,1H3,(H,20,21);1H/t16-;/m0./s1. The Morgan fingerprint density at radius 2 is 2.04 bits per heavy atom. The number of carbonyl (C=O) groups excluding carboxylic acids is 1. The Morgan fingerprint density at radius 3 is 2.83 bits per heavy atom. The first-order valence-electron chi connectivity index (χ1n) is 8.77. The lowest BCUT2D eigenvalue weighted by Crippen LogP contribution is -2.31. The number of halogens is 1. The third-order valence-corrected chi connectivity index (χ3v) is 4.40. The molecule has 136 valence electrons. The van der Waals surface area contributed by atoms with E-state index >= 15 is 0 Å². The van der Waals surface area contributed by atoms with E-state index in [4.69, 9.17) is 10.7 Å². The number of hydrogen-bond acceptors (Lipinski definition) is 5. The molecule has 0 spiro atoms. The second kappa shape index (κ2) is 11.3. The van der Waals surface area contributed by atoms with Crippen LogP contribution in [0.3, 0.4) is 0 Å². The van der Waals surface area contributed by atoms with Crippen LogP contribution in [0.5, 0.6) is 0 Å². The van der Waals surface area contributed by atoms with Crippen molar-refractivity contribution in [2.45, 2.75) is 63.8 Å². The molecule has 0 amide bonds. The van der Waals surface area contributed by atoms with Gasteiger partial charge in [0, 0.05) is 12.2 Å². The van der Waals surface area contributed by atoms with E-state index < -0.39 is 6.04 Å². The highest BCUT2D eigenvalue weighted by atomic mass is 35.5. The molecule has 1 aliphatic heterocycles. The molecule has 0 fully saturated rings. The fraction of sp³-hybridized carbons (Fsp3) is 0.667. The van der Waals surface area contributed by atoms with Crippen molar-refractivity contribution < 1.29 is 9.53 Å². The van der Waals surface area contributed by atoms with Crippen molar-refractivity contribution in [3.05, 3.63) is 23.4 Å². The van der Waals surface area contributed by atoms with Crippen LogP contribution in [-0.4, -0.2) is 30.6 Å². The van der Waals surface area contributed by atoms with Gasteiger partial charge in [0.25, 0.3) is 0 Å². The Labute approximate surface area is 151 Å². The maximum atomic E-state index is 11.2. The van der Waals surface area contributed by atoms with Gasteiger partial charge < -0.3 is 15.8 Å². The molecule has 0 aliphatic carbocycles. The van der Waals surface area contributed by atoms with Gasteiger partial charge in [-0.3, -0.25) is 4.79 Å². The van der Waals surface area contributed by atoms with Gasteiger partial charge in [0.15, 0.2) is 0 Å². The van der Waals surface area contributed by atoms with Crippen LogP contribution in [0.1, 0.15) is 56.2 Å². The molecule has 2 heterocycles.